The predicted octanol–water partition coefficient (Wildman–Crippen LogP) is 2.08. The van der Waals surface area contributed by atoms with Gasteiger partial charge in [-0.15, -0.1) is 11.8 Å². The van der Waals surface area contributed by atoms with Crippen LogP contribution in [0.5, 0.6) is 0 Å². The number of hydrogen-bond donors (Lipinski definition) is 4. The van der Waals surface area contributed by atoms with Crippen LogP contribution in [0.2, 0.25) is 0 Å². The van der Waals surface area contributed by atoms with Gasteiger partial charge in [0.15, 0.2) is 5.13 Å². The highest BCUT2D eigenvalue weighted by Gasteiger charge is 2.08. The van der Waals surface area contributed by atoms with Crippen molar-refractivity contribution in [2.24, 2.45) is 5.73 Å². The number of anilines is 1. The Morgan fingerprint density at radius 2 is 2.37 bits per heavy atom. The molecule has 8 heteroatoms. The first-order chi connectivity index (χ1) is 9.08. The normalized spacial score (nSPS) is 10.4. The number of rotatable bonds is 4. The largest absolute Gasteiger partial charge is 0.386 e. The minimum Gasteiger partial charge on any atom is -0.386 e. The first-order valence-corrected chi connectivity index (χ1v) is 7.45. The Kier molecular flexibility index (Phi) is 4.23. The van der Waals surface area contributed by atoms with Crippen LogP contribution in [0.1, 0.15) is 0 Å². The number of aromatic nitrogens is 1. The van der Waals surface area contributed by atoms with Crippen molar-refractivity contribution in [2.45, 2.75) is 4.90 Å². The second-order valence-corrected chi connectivity index (χ2v) is 5.60. The van der Waals surface area contributed by atoms with Crippen LogP contribution in [0.15, 0.2) is 23.1 Å². The molecule has 0 atom stereocenters. The van der Waals surface area contributed by atoms with Crippen LogP contribution in [0.3, 0.4) is 0 Å². The topological polar surface area (TPSA) is 104 Å². The predicted molar refractivity (Wildman–Crippen MR) is 80.3 cm³/mol. The number of amides is 2. The molecule has 0 saturated heterocycles. The molecule has 0 fully saturated rings. The summed E-state index contributed by atoms with van der Waals surface area (Å²) >= 11 is 3.07. The van der Waals surface area contributed by atoms with Crippen LogP contribution in [-0.2, 0) is 0 Å². The van der Waals surface area contributed by atoms with E-state index in [-0.39, 0.29) is 12.4 Å². The van der Waals surface area contributed by atoms with Crippen LogP contribution < -0.4 is 16.4 Å². The van der Waals surface area contributed by atoms with Crippen LogP contribution in [0.4, 0.5) is 9.93 Å². The molecule has 1 aromatic carbocycles. The van der Waals surface area contributed by atoms with Gasteiger partial charge in [-0.25, -0.2) is 9.78 Å². The summed E-state index contributed by atoms with van der Waals surface area (Å²) in [5.74, 6) is -0.0935. The number of nitrogens with two attached hydrogens (primary N) is 1. The summed E-state index contributed by atoms with van der Waals surface area (Å²) in [6, 6.07) is 5.54. The Morgan fingerprint density at radius 1 is 1.58 bits per heavy atom. The number of carbonyl (C=O) groups excluding carboxylic acids is 1. The third-order valence-electron chi connectivity index (χ3n) is 2.26. The molecule has 2 amide bonds. The van der Waals surface area contributed by atoms with E-state index in [0.717, 1.165) is 15.1 Å². The first kappa shape index (κ1) is 13.6. The zero-order chi connectivity index (χ0) is 13.8. The zero-order valence-electron chi connectivity index (χ0n) is 10.2. The lowest BCUT2D eigenvalue weighted by Gasteiger charge is -2.02. The minimum atomic E-state index is -0.417. The lowest BCUT2D eigenvalue weighted by Crippen LogP contribution is -2.35. The number of nitrogens with zero attached hydrogens (tertiary/aromatic N) is 1. The molecule has 0 bridgehead atoms. The van der Waals surface area contributed by atoms with Crippen molar-refractivity contribution >= 4 is 50.3 Å². The van der Waals surface area contributed by atoms with Crippen LogP contribution >= 0.6 is 23.1 Å². The molecule has 5 N–H and O–H groups in total. The smallest absolute Gasteiger partial charge is 0.321 e. The van der Waals surface area contributed by atoms with E-state index in [1.807, 2.05) is 24.5 Å². The lowest BCUT2D eigenvalue weighted by molar-refractivity contribution is 0.253. The first-order valence-electron chi connectivity index (χ1n) is 5.41. The number of fused-ring (bicyclic) bond motifs is 1. The molecule has 19 heavy (non-hydrogen) atoms. The molecule has 2 rings (SSSR count). The van der Waals surface area contributed by atoms with Crippen molar-refractivity contribution in [1.29, 1.82) is 5.41 Å². The molecule has 0 unspecified atom stereocenters. The van der Waals surface area contributed by atoms with Crippen molar-refractivity contribution in [2.75, 3.05) is 18.1 Å². The maximum absolute atomic E-state index is 11.5. The molecule has 1 aromatic heterocycles. The van der Waals surface area contributed by atoms with E-state index < -0.39 is 6.03 Å². The second kappa shape index (κ2) is 5.89. The fraction of sp³-hybridized carbons (Fsp3) is 0.182. The summed E-state index contributed by atoms with van der Waals surface area (Å²) in [5, 5.41) is 12.6. The summed E-state index contributed by atoms with van der Waals surface area (Å²) in [5.41, 5.74) is 6.00. The molecule has 0 aliphatic carbocycles. The van der Waals surface area contributed by atoms with Gasteiger partial charge in [0.1, 0.15) is 5.84 Å². The van der Waals surface area contributed by atoms with Crippen molar-refractivity contribution < 1.29 is 4.79 Å². The molecule has 0 aliphatic heterocycles. The molecule has 0 radical (unpaired) electrons. The third-order valence-corrected chi connectivity index (χ3v) is 3.91. The summed E-state index contributed by atoms with van der Waals surface area (Å²) in [6.45, 7) is 0.0212. The number of thiazole rings is 1. The Morgan fingerprint density at radius 3 is 3.05 bits per heavy atom. The van der Waals surface area contributed by atoms with E-state index in [9.17, 15) is 4.79 Å². The summed E-state index contributed by atoms with van der Waals surface area (Å²) in [4.78, 5) is 17.0. The number of thioether (sulfide) groups is 1. The maximum Gasteiger partial charge on any atom is 0.321 e. The number of urea groups is 1. The van der Waals surface area contributed by atoms with Crippen LogP contribution in [0.25, 0.3) is 10.2 Å². The van der Waals surface area contributed by atoms with E-state index in [0.29, 0.717) is 5.13 Å². The van der Waals surface area contributed by atoms with Crippen molar-refractivity contribution in [3.63, 3.8) is 0 Å². The maximum atomic E-state index is 11.5. The highest BCUT2D eigenvalue weighted by atomic mass is 32.2. The monoisotopic (exact) mass is 295 g/mol. The molecule has 100 valence electrons. The zero-order valence-corrected chi connectivity index (χ0v) is 11.8. The summed E-state index contributed by atoms with van der Waals surface area (Å²) < 4.78 is 1.02. The van der Waals surface area contributed by atoms with Crippen molar-refractivity contribution in [3.05, 3.63) is 18.2 Å². The van der Waals surface area contributed by atoms with Gasteiger partial charge in [0.05, 0.1) is 16.8 Å². The molecule has 0 spiro atoms. The van der Waals surface area contributed by atoms with Gasteiger partial charge < -0.3 is 11.1 Å². The summed E-state index contributed by atoms with van der Waals surface area (Å²) in [7, 11) is 0. The highest BCUT2D eigenvalue weighted by Crippen LogP contribution is 2.29. The van der Waals surface area contributed by atoms with Gasteiger partial charge in [-0.1, -0.05) is 11.3 Å². The van der Waals surface area contributed by atoms with E-state index >= 15 is 0 Å². The fourth-order valence-corrected chi connectivity index (χ4v) is 2.82. The Hall–Kier alpha value is -1.80. The molecular weight excluding hydrogens is 282 g/mol. The van der Waals surface area contributed by atoms with E-state index in [1.165, 1.54) is 11.3 Å². The van der Waals surface area contributed by atoms with E-state index in [1.54, 1.807) is 11.8 Å². The van der Waals surface area contributed by atoms with Crippen LogP contribution in [-0.4, -0.2) is 29.7 Å². The third kappa shape index (κ3) is 3.58. The molecule has 6 nitrogen and oxygen atoms in total. The van der Waals surface area contributed by atoms with Crippen LogP contribution in [0, 0.1) is 5.41 Å². The number of hydrogen-bond acceptors (Lipinski definition) is 5. The van der Waals surface area contributed by atoms with Crippen molar-refractivity contribution in [1.82, 2.24) is 10.3 Å². The SMILES string of the molecule is CSc1ccc2nc(NC(=O)NCC(=N)N)sc2c1. The summed E-state index contributed by atoms with van der Waals surface area (Å²) in [6.07, 6.45) is 2.01. The minimum absolute atomic E-state index is 0.0212. The van der Waals surface area contributed by atoms with Gasteiger partial charge in [-0.2, -0.15) is 0 Å². The number of carbonyl (C=O) groups is 1. The van der Waals surface area contributed by atoms with Gasteiger partial charge >= 0.3 is 6.03 Å². The second-order valence-electron chi connectivity index (χ2n) is 3.69. The van der Waals surface area contributed by atoms with Gasteiger partial charge in [0, 0.05) is 4.90 Å². The number of amidine groups is 1. The fourth-order valence-electron chi connectivity index (χ4n) is 1.40. The Balaban J connectivity index is 2.08. The number of benzene rings is 1. The van der Waals surface area contributed by atoms with Crippen molar-refractivity contribution in [3.8, 4) is 0 Å². The van der Waals surface area contributed by atoms with Gasteiger partial charge in [-0.05, 0) is 24.5 Å². The average Bonchev–Trinajstić information content (AvgIpc) is 2.77. The molecular formula is C11H13N5OS2. The molecule has 0 aliphatic rings. The highest BCUT2D eigenvalue weighted by molar-refractivity contribution is 7.98. The Bertz CT molecular complexity index is 625. The van der Waals surface area contributed by atoms with Gasteiger partial charge in [0.25, 0.3) is 0 Å². The molecule has 0 saturated carbocycles. The molecule has 1 heterocycles. The average molecular weight is 295 g/mol. The Labute approximate surface area is 118 Å². The van der Waals surface area contributed by atoms with Gasteiger partial charge in [-0.3, -0.25) is 10.7 Å². The van der Waals surface area contributed by atoms with Gasteiger partial charge in [0.2, 0.25) is 0 Å². The number of nitrogens with one attached hydrogen (secondary N) is 3. The standard InChI is InChI=1S/C11H13N5OS2/c1-18-6-2-3-7-8(4-6)19-11(15-7)16-10(17)14-5-9(12)13/h2-4H,5H2,1H3,(H3,12,13)(H2,14,15,16,17). The van der Waals surface area contributed by atoms with E-state index in [4.69, 9.17) is 11.1 Å². The molecule has 2 aromatic rings. The quantitative estimate of drug-likeness (QED) is 0.394. The van der Waals surface area contributed by atoms with E-state index in [2.05, 4.69) is 15.6 Å². The lowest BCUT2D eigenvalue weighted by atomic mass is 10.3.